The second kappa shape index (κ2) is 9.13. The van der Waals surface area contributed by atoms with Gasteiger partial charge >= 0.3 is 0 Å². The molecule has 3 aromatic heterocycles. The summed E-state index contributed by atoms with van der Waals surface area (Å²) < 4.78 is 1.38. The number of carbonyl (C=O) groups is 1. The van der Waals surface area contributed by atoms with Gasteiger partial charge in [-0.2, -0.15) is 0 Å². The summed E-state index contributed by atoms with van der Waals surface area (Å²) in [7, 11) is 0. The maximum atomic E-state index is 12.7. The van der Waals surface area contributed by atoms with Crippen LogP contribution in [0, 0.1) is 20.8 Å². The fraction of sp³-hybridized carbons (Fsp3) is 0.364. The minimum atomic E-state index is -0.172. The standard InChI is InChI=1S/C22H26N8O2/c1-15-16(2)24-14-30(22(15)32)13-21(31)29-10-8-28(9-11-29)20-12-19(25-17(3)26-20)27-18-6-4-5-7-23-18/h4-7,12,14H,8-11,13H2,1-3H3,(H,23,25,26,27). The first-order valence-corrected chi connectivity index (χ1v) is 10.5. The van der Waals surface area contributed by atoms with Crippen LogP contribution in [-0.2, 0) is 11.3 Å². The quantitative estimate of drug-likeness (QED) is 0.643. The van der Waals surface area contributed by atoms with Gasteiger partial charge in [-0.05, 0) is 32.9 Å². The van der Waals surface area contributed by atoms with E-state index in [0.717, 1.165) is 5.82 Å². The molecule has 1 amide bonds. The Balaban J connectivity index is 1.40. The molecule has 0 atom stereocenters. The predicted octanol–water partition coefficient (Wildman–Crippen LogP) is 1.45. The van der Waals surface area contributed by atoms with Crippen LogP contribution in [0.5, 0.6) is 0 Å². The number of pyridine rings is 1. The summed E-state index contributed by atoms with van der Waals surface area (Å²) in [6.07, 6.45) is 3.16. The lowest BCUT2D eigenvalue weighted by Gasteiger charge is -2.35. The normalized spacial score (nSPS) is 13.8. The van der Waals surface area contributed by atoms with Crippen LogP contribution in [0.3, 0.4) is 0 Å². The molecule has 0 saturated carbocycles. The van der Waals surface area contributed by atoms with E-state index in [-0.39, 0.29) is 18.0 Å². The molecule has 1 fully saturated rings. The van der Waals surface area contributed by atoms with E-state index in [1.165, 1.54) is 10.9 Å². The molecule has 0 aliphatic carbocycles. The molecule has 0 radical (unpaired) electrons. The number of aryl methyl sites for hydroxylation is 2. The molecule has 0 spiro atoms. The Bertz CT molecular complexity index is 1170. The van der Waals surface area contributed by atoms with Crippen molar-refractivity contribution in [2.24, 2.45) is 0 Å². The zero-order valence-electron chi connectivity index (χ0n) is 18.4. The molecule has 1 N–H and O–H groups in total. The highest BCUT2D eigenvalue weighted by atomic mass is 16.2. The van der Waals surface area contributed by atoms with Crippen LogP contribution >= 0.6 is 0 Å². The molecule has 0 bridgehead atoms. The highest BCUT2D eigenvalue weighted by Crippen LogP contribution is 2.20. The summed E-state index contributed by atoms with van der Waals surface area (Å²) in [5.41, 5.74) is 1.08. The Labute approximate surface area is 186 Å². The monoisotopic (exact) mass is 434 g/mol. The summed E-state index contributed by atoms with van der Waals surface area (Å²) in [5.74, 6) is 2.75. The molecule has 3 aromatic rings. The summed E-state index contributed by atoms with van der Waals surface area (Å²) in [5, 5.41) is 3.20. The fourth-order valence-corrected chi connectivity index (χ4v) is 3.56. The number of rotatable bonds is 5. The third kappa shape index (κ3) is 4.74. The predicted molar refractivity (Wildman–Crippen MR) is 121 cm³/mol. The van der Waals surface area contributed by atoms with Gasteiger partial charge in [0.1, 0.15) is 29.8 Å². The van der Waals surface area contributed by atoms with Crippen LogP contribution < -0.4 is 15.8 Å². The highest BCUT2D eigenvalue weighted by molar-refractivity contribution is 5.76. The van der Waals surface area contributed by atoms with Crippen LogP contribution in [0.25, 0.3) is 0 Å². The maximum absolute atomic E-state index is 12.7. The summed E-state index contributed by atoms with van der Waals surface area (Å²) in [4.78, 5) is 46.5. The Morgan fingerprint density at radius 1 is 1.03 bits per heavy atom. The van der Waals surface area contributed by atoms with Gasteiger partial charge in [-0.3, -0.25) is 14.2 Å². The van der Waals surface area contributed by atoms with E-state index in [9.17, 15) is 9.59 Å². The van der Waals surface area contributed by atoms with Crippen LogP contribution in [-0.4, -0.2) is 61.5 Å². The minimum Gasteiger partial charge on any atom is -0.353 e. The van der Waals surface area contributed by atoms with Crippen molar-refractivity contribution in [2.75, 3.05) is 36.4 Å². The van der Waals surface area contributed by atoms with Crippen molar-refractivity contribution in [3.05, 3.63) is 64.2 Å². The van der Waals surface area contributed by atoms with Crippen LogP contribution in [0.1, 0.15) is 17.1 Å². The summed E-state index contributed by atoms with van der Waals surface area (Å²) >= 11 is 0. The lowest BCUT2D eigenvalue weighted by Crippen LogP contribution is -2.50. The first-order valence-electron chi connectivity index (χ1n) is 10.5. The van der Waals surface area contributed by atoms with E-state index >= 15 is 0 Å². The second-order valence-electron chi connectivity index (χ2n) is 7.75. The van der Waals surface area contributed by atoms with E-state index in [1.807, 2.05) is 31.2 Å². The SMILES string of the molecule is Cc1nc(Nc2ccccn2)cc(N2CCN(C(=O)Cn3cnc(C)c(C)c3=O)CC2)n1. The number of piperazine rings is 1. The summed E-state index contributed by atoms with van der Waals surface area (Å²) in [6, 6.07) is 7.52. The average molecular weight is 435 g/mol. The number of carbonyl (C=O) groups excluding carboxylic acids is 1. The Morgan fingerprint density at radius 3 is 2.53 bits per heavy atom. The molecule has 1 aliphatic heterocycles. The van der Waals surface area contributed by atoms with Gasteiger partial charge in [0.15, 0.2) is 0 Å². The zero-order valence-corrected chi connectivity index (χ0v) is 18.4. The number of anilines is 3. The van der Waals surface area contributed by atoms with Gasteiger partial charge in [0.2, 0.25) is 5.91 Å². The largest absolute Gasteiger partial charge is 0.353 e. The van der Waals surface area contributed by atoms with Crippen molar-refractivity contribution in [1.29, 1.82) is 0 Å². The molecular weight excluding hydrogens is 408 g/mol. The molecule has 4 rings (SSSR count). The molecular formula is C22H26N8O2. The van der Waals surface area contributed by atoms with Crippen molar-refractivity contribution < 1.29 is 4.79 Å². The van der Waals surface area contributed by atoms with Crippen molar-refractivity contribution in [3.63, 3.8) is 0 Å². The molecule has 1 saturated heterocycles. The van der Waals surface area contributed by atoms with E-state index in [4.69, 9.17) is 0 Å². The van der Waals surface area contributed by atoms with E-state index < -0.39 is 0 Å². The number of aromatic nitrogens is 5. The van der Waals surface area contributed by atoms with E-state index in [0.29, 0.717) is 54.9 Å². The third-order valence-electron chi connectivity index (χ3n) is 5.52. The van der Waals surface area contributed by atoms with E-state index in [2.05, 4.69) is 30.2 Å². The Hall–Kier alpha value is -3.82. The van der Waals surface area contributed by atoms with Gasteiger partial charge in [0.05, 0.1) is 6.33 Å². The summed E-state index contributed by atoms with van der Waals surface area (Å²) in [6.45, 7) is 7.76. The van der Waals surface area contributed by atoms with E-state index in [1.54, 1.807) is 24.9 Å². The number of amides is 1. The van der Waals surface area contributed by atoms with Gasteiger partial charge in [0.25, 0.3) is 5.56 Å². The second-order valence-corrected chi connectivity index (χ2v) is 7.75. The molecule has 1 aliphatic rings. The maximum Gasteiger partial charge on any atom is 0.256 e. The lowest BCUT2D eigenvalue weighted by atomic mass is 10.2. The fourth-order valence-electron chi connectivity index (χ4n) is 3.56. The van der Waals surface area contributed by atoms with Crippen LogP contribution in [0.15, 0.2) is 41.6 Å². The molecule has 10 heteroatoms. The molecule has 32 heavy (non-hydrogen) atoms. The molecule has 166 valence electrons. The number of hydrogen-bond donors (Lipinski definition) is 1. The number of hydrogen-bond acceptors (Lipinski definition) is 8. The molecule has 0 unspecified atom stereocenters. The molecule has 0 aromatic carbocycles. The minimum absolute atomic E-state index is 0.00227. The topological polar surface area (TPSA) is 109 Å². The van der Waals surface area contributed by atoms with Gasteiger partial charge in [-0.1, -0.05) is 6.07 Å². The average Bonchev–Trinajstić information content (AvgIpc) is 2.80. The van der Waals surface area contributed by atoms with Gasteiger partial charge in [-0.15, -0.1) is 0 Å². The molecule has 10 nitrogen and oxygen atoms in total. The first kappa shape index (κ1) is 21.4. The van der Waals surface area contributed by atoms with Crippen molar-refractivity contribution in [1.82, 2.24) is 29.4 Å². The van der Waals surface area contributed by atoms with Gasteiger partial charge in [0, 0.05) is 49.7 Å². The lowest BCUT2D eigenvalue weighted by molar-refractivity contribution is -0.132. The van der Waals surface area contributed by atoms with Crippen LogP contribution in [0.4, 0.5) is 17.5 Å². The van der Waals surface area contributed by atoms with Crippen molar-refractivity contribution in [2.45, 2.75) is 27.3 Å². The number of nitrogens with zero attached hydrogens (tertiary/aromatic N) is 7. The number of nitrogens with one attached hydrogen (secondary N) is 1. The zero-order chi connectivity index (χ0) is 22.7. The van der Waals surface area contributed by atoms with Crippen LogP contribution in [0.2, 0.25) is 0 Å². The molecule has 4 heterocycles. The van der Waals surface area contributed by atoms with Gasteiger partial charge < -0.3 is 15.1 Å². The Morgan fingerprint density at radius 2 is 1.81 bits per heavy atom. The van der Waals surface area contributed by atoms with Crippen molar-refractivity contribution >= 4 is 23.4 Å². The highest BCUT2D eigenvalue weighted by Gasteiger charge is 2.23. The smallest absolute Gasteiger partial charge is 0.256 e. The van der Waals surface area contributed by atoms with Crippen molar-refractivity contribution in [3.8, 4) is 0 Å². The Kier molecular flexibility index (Phi) is 6.11. The third-order valence-corrected chi connectivity index (χ3v) is 5.52. The first-order chi connectivity index (χ1) is 15.4. The van der Waals surface area contributed by atoms with Gasteiger partial charge in [-0.25, -0.2) is 19.9 Å².